The van der Waals surface area contributed by atoms with Crippen molar-refractivity contribution in [1.82, 2.24) is 15.1 Å². The van der Waals surface area contributed by atoms with E-state index in [1.165, 1.54) is 0 Å². The van der Waals surface area contributed by atoms with Gasteiger partial charge in [-0.25, -0.2) is 0 Å². The van der Waals surface area contributed by atoms with Crippen LogP contribution in [0.5, 0.6) is 5.75 Å². The van der Waals surface area contributed by atoms with E-state index < -0.39 is 0 Å². The van der Waals surface area contributed by atoms with E-state index in [1.54, 1.807) is 13.3 Å². The average Bonchev–Trinajstić information content (AvgIpc) is 2.89. The van der Waals surface area contributed by atoms with E-state index in [9.17, 15) is 4.79 Å². The molecule has 2 rings (SSSR count). The number of carbonyl (C=O) groups excluding carboxylic acids is 1. The summed E-state index contributed by atoms with van der Waals surface area (Å²) in [5.74, 6) is 0.665. The van der Waals surface area contributed by atoms with Gasteiger partial charge in [-0.15, -0.1) is 0 Å². The zero-order valence-corrected chi connectivity index (χ0v) is 12.7. The summed E-state index contributed by atoms with van der Waals surface area (Å²) in [6, 6.07) is 7.46. The molecule has 0 aliphatic carbocycles. The summed E-state index contributed by atoms with van der Waals surface area (Å²) in [4.78, 5) is 12.2. The number of hydrogen-bond acceptors (Lipinski definition) is 3. The monoisotopic (exact) mass is 287 g/mol. The molecule has 21 heavy (non-hydrogen) atoms. The minimum Gasteiger partial charge on any atom is -0.496 e. The third-order valence-corrected chi connectivity index (χ3v) is 3.51. The Morgan fingerprint density at radius 1 is 1.33 bits per heavy atom. The van der Waals surface area contributed by atoms with Crippen LogP contribution in [-0.4, -0.2) is 29.3 Å². The Balaban J connectivity index is 1.86. The molecule has 2 aromatic rings. The second kappa shape index (κ2) is 6.92. The van der Waals surface area contributed by atoms with Crippen LogP contribution in [0.15, 0.2) is 30.5 Å². The number of nitrogens with one attached hydrogen (secondary N) is 1. The maximum Gasteiger partial charge on any atom is 0.251 e. The fraction of sp³-hybridized carbons (Fsp3) is 0.375. The van der Waals surface area contributed by atoms with Gasteiger partial charge >= 0.3 is 0 Å². The summed E-state index contributed by atoms with van der Waals surface area (Å²) < 4.78 is 7.17. The van der Waals surface area contributed by atoms with E-state index in [0.717, 1.165) is 30.0 Å². The molecule has 0 radical (unpaired) electrons. The highest BCUT2D eigenvalue weighted by Crippen LogP contribution is 2.20. The number of amides is 1. The molecule has 5 heteroatoms. The molecule has 0 aliphatic heterocycles. The van der Waals surface area contributed by atoms with Gasteiger partial charge in [0, 0.05) is 36.1 Å². The number of nitrogens with zero attached hydrogens (tertiary/aromatic N) is 2. The van der Waals surface area contributed by atoms with Gasteiger partial charge in [-0.05, 0) is 38.5 Å². The second-order valence-electron chi connectivity index (χ2n) is 4.94. The summed E-state index contributed by atoms with van der Waals surface area (Å²) >= 11 is 0. The van der Waals surface area contributed by atoms with Crippen molar-refractivity contribution in [3.05, 3.63) is 47.3 Å². The lowest BCUT2D eigenvalue weighted by molar-refractivity contribution is 0.0951. The van der Waals surface area contributed by atoms with E-state index in [4.69, 9.17) is 4.74 Å². The lowest BCUT2D eigenvalue weighted by Crippen LogP contribution is -2.26. The quantitative estimate of drug-likeness (QED) is 0.830. The van der Waals surface area contributed by atoms with Crippen LogP contribution in [0.4, 0.5) is 0 Å². The number of aromatic nitrogens is 2. The normalized spacial score (nSPS) is 10.4. The molecule has 0 saturated carbocycles. The van der Waals surface area contributed by atoms with Gasteiger partial charge in [-0.2, -0.15) is 5.10 Å². The number of rotatable bonds is 6. The van der Waals surface area contributed by atoms with Gasteiger partial charge in [0.25, 0.3) is 5.91 Å². The first-order valence-corrected chi connectivity index (χ1v) is 7.03. The van der Waals surface area contributed by atoms with Crippen molar-refractivity contribution in [2.24, 2.45) is 0 Å². The molecule has 0 saturated heterocycles. The Bertz CT molecular complexity index is 620. The minimum absolute atomic E-state index is 0.0661. The molecule has 0 aliphatic rings. The van der Waals surface area contributed by atoms with Gasteiger partial charge in [0.05, 0.1) is 7.11 Å². The molecule has 1 aromatic carbocycles. The molecule has 0 fully saturated rings. The Labute approximate surface area is 124 Å². The van der Waals surface area contributed by atoms with Crippen molar-refractivity contribution < 1.29 is 9.53 Å². The first kappa shape index (κ1) is 15.1. The van der Waals surface area contributed by atoms with Crippen molar-refractivity contribution in [2.45, 2.75) is 26.8 Å². The molecule has 5 nitrogen and oxygen atoms in total. The number of benzene rings is 1. The molecule has 112 valence electrons. The lowest BCUT2D eigenvalue weighted by Gasteiger charge is -2.11. The SMILES string of the molecule is COc1cccc(C(=O)NCCCn2nccc2C)c1C. The number of aryl methyl sites for hydroxylation is 2. The molecular formula is C16H21N3O2. The fourth-order valence-electron chi connectivity index (χ4n) is 2.24. The summed E-state index contributed by atoms with van der Waals surface area (Å²) in [5, 5.41) is 7.15. The van der Waals surface area contributed by atoms with Crippen LogP contribution < -0.4 is 10.1 Å². The van der Waals surface area contributed by atoms with Crippen LogP contribution in [0.25, 0.3) is 0 Å². The third-order valence-electron chi connectivity index (χ3n) is 3.51. The van der Waals surface area contributed by atoms with Gasteiger partial charge in [-0.3, -0.25) is 9.48 Å². The molecule has 0 unspecified atom stereocenters. The minimum atomic E-state index is -0.0661. The van der Waals surface area contributed by atoms with Crippen molar-refractivity contribution in [2.75, 3.05) is 13.7 Å². The molecule has 1 aromatic heterocycles. The molecule has 1 amide bonds. The number of carbonyl (C=O) groups is 1. The first-order valence-electron chi connectivity index (χ1n) is 7.03. The van der Waals surface area contributed by atoms with Crippen LogP contribution >= 0.6 is 0 Å². The maximum atomic E-state index is 12.2. The van der Waals surface area contributed by atoms with Crippen molar-refractivity contribution in [3.63, 3.8) is 0 Å². The predicted octanol–water partition coefficient (Wildman–Crippen LogP) is 2.33. The first-order chi connectivity index (χ1) is 10.1. The smallest absolute Gasteiger partial charge is 0.251 e. The number of ether oxygens (including phenoxy) is 1. The molecule has 0 bridgehead atoms. The average molecular weight is 287 g/mol. The molecular weight excluding hydrogens is 266 g/mol. The van der Waals surface area contributed by atoms with Crippen LogP contribution in [0.2, 0.25) is 0 Å². The standard InChI is InChI=1S/C16H21N3O2/c1-12-8-10-18-19(12)11-5-9-17-16(20)14-6-4-7-15(21-3)13(14)2/h4,6-8,10H,5,9,11H2,1-3H3,(H,17,20). The maximum absolute atomic E-state index is 12.2. The Hall–Kier alpha value is -2.30. The van der Waals surface area contributed by atoms with Crippen LogP contribution in [-0.2, 0) is 6.54 Å². The Morgan fingerprint density at radius 2 is 2.14 bits per heavy atom. The van der Waals surface area contributed by atoms with Crippen LogP contribution in [0, 0.1) is 13.8 Å². The highest BCUT2D eigenvalue weighted by atomic mass is 16.5. The Morgan fingerprint density at radius 3 is 2.81 bits per heavy atom. The molecule has 0 spiro atoms. The largest absolute Gasteiger partial charge is 0.496 e. The van der Waals surface area contributed by atoms with Crippen LogP contribution in [0.3, 0.4) is 0 Å². The van der Waals surface area contributed by atoms with Crippen molar-refractivity contribution in [1.29, 1.82) is 0 Å². The predicted molar refractivity (Wildman–Crippen MR) is 81.6 cm³/mol. The van der Waals surface area contributed by atoms with E-state index in [-0.39, 0.29) is 5.91 Å². The highest BCUT2D eigenvalue weighted by molar-refractivity contribution is 5.96. The van der Waals surface area contributed by atoms with Gasteiger partial charge in [0.15, 0.2) is 0 Å². The molecule has 0 atom stereocenters. The third kappa shape index (κ3) is 3.62. The zero-order valence-electron chi connectivity index (χ0n) is 12.7. The van der Waals surface area contributed by atoms with Gasteiger partial charge in [0.2, 0.25) is 0 Å². The summed E-state index contributed by atoms with van der Waals surface area (Å²) in [6.07, 6.45) is 2.63. The van der Waals surface area contributed by atoms with Crippen molar-refractivity contribution >= 4 is 5.91 Å². The topological polar surface area (TPSA) is 56.1 Å². The van der Waals surface area contributed by atoms with E-state index in [2.05, 4.69) is 10.4 Å². The zero-order chi connectivity index (χ0) is 15.2. The highest BCUT2D eigenvalue weighted by Gasteiger charge is 2.11. The number of hydrogen-bond donors (Lipinski definition) is 1. The van der Waals surface area contributed by atoms with Gasteiger partial charge < -0.3 is 10.1 Å². The van der Waals surface area contributed by atoms with E-state index >= 15 is 0 Å². The second-order valence-corrected chi connectivity index (χ2v) is 4.94. The summed E-state index contributed by atoms with van der Waals surface area (Å²) in [6.45, 7) is 5.33. The lowest BCUT2D eigenvalue weighted by atomic mass is 10.1. The Kier molecular flexibility index (Phi) is 4.98. The fourth-order valence-corrected chi connectivity index (χ4v) is 2.24. The van der Waals surface area contributed by atoms with E-state index in [0.29, 0.717) is 12.1 Å². The summed E-state index contributed by atoms with van der Waals surface area (Å²) in [5.41, 5.74) is 2.65. The van der Waals surface area contributed by atoms with Gasteiger partial charge in [-0.1, -0.05) is 6.07 Å². The molecule has 1 heterocycles. The van der Waals surface area contributed by atoms with Crippen LogP contribution in [0.1, 0.15) is 28.0 Å². The molecule has 1 N–H and O–H groups in total. The van der Waals surface area contributed by atoms with E-state index in [1.807, 2.05) is 42.8 Å². The van der Waals surface area contributed by atoms with Gasteiger partial charge in [0.1, 0.15) is 5.75 Å². The summed E-state index contributed by atoms with van der Waals surface area (Å²) in [7, 11) is 1.61. The number of methoxy groups -OCH3 is 1. The van der Waals surface area contributed by atoms with Crippen molar-refractivity contribution in [3.8, 4) is 5.75 Å².